The number of aromatic nitrogens is 2. The van der Waals surface area contributed by atoms with Gasteiger partial charge in [-0.2, -0.15) is 5.10 Å². The summed E-state index contributed by atoms with van der Waals surface area (Å²) in [5, 5.41) is 14.1. The van der Waals surface area contributed by atoms with Crippen molar-refractivity contribution in [2.75, 3.05) is 5.73 Å². The van der Waals surface area contributed by atoms with Crippen LogP contribution in [0.4, 0.5) is 5.69 Å². The van der Waals surface area contributed by atoms with Crippen LogP contribution in [0.2, 0.25) is 0 Å². The third kappa shape index (κ3) is 2.53. The highest BCUT2D eigenvalue weighted by molar-refractivity contribution is 14.1. The van der Waals surface area contributed by atoms with Crippen molar-refractivity contribution >= 4 is 28.3 Å². The highest BCUT2D eigenvalue weighted by Gasteiger charge is 2.11. The Balaban J connectivity index is 2.14. The molecule has 1 unspecified atom stereocenters. The zero-order valence-electron chi connectivity index (χ0n) is 8.55. The van der Waals surface area contributed by atoms with Gasteiger partial charge in [-0.3, -0.25) is 4.68 Å². The van der Waals surface area contributed by atoms with Crippen LogP contribution in [0.15, 0.2) is 36.7 Å². The first kappa shape index (κ1) is 11.4. The molecule has 1 aromatic carbocycles. The Morgan fingerprint density at radius 3 is 2.81 bits per heavy atom. The SMILES string of the molecule is Nc1ccccc1C(O)Cn1cc(I)cn1. The molecule has 0 radical (unpaired) electrons. The molecule has 0 saturated heterocycles. The minimum Gasteiger partial charge on any atom is -0.398 e. The van der Waals surface area contributed by atoms with Gasteiger partial charge in [0.2, 0.25) is 0 Å². The van der Waals surface area contributed by atoms with Crippen LogP contribution < -0.4 is 5.73 Å². The van der Waals surface area contributed by atoms with Gasteiger partial charge in [-0.25, -0.2) is 0 Å². The molecule has 0 bridgehead atoms. The average molecular weight is 329 g/mol. The van der Waals surface area contributed by atoms with E-state index >= 15 is 0 Å². The van der Waals surface area contributed by atoms with Crippen molar-refractivity contribution in [3.8, 4) is 0 Å². The fourth-order valence-electron chi connectivity index (χ4n) is 1.53. The Bertz CT molecular complexity index is 484. The Labute approximate surface area is 107 Å². The van der Waals surface area contributed by atoms with E-state index in [-0.39, 0.29) is 0 Å². The van der Waals surface area contributed by atoms with Crippen molar-refractivity contribution < 1.29 is 5.11 Å². The standard InChI is InChI=1S/C11H12IN3O/c12-8-5-14-15(6-8)7-11(16)9-3-1-2-4-10(9)13/h1-6,11,16H,7,13H2. The summed E-state index contributed by atoms with van der Waals surface area (Å²) >= 11 is 2.18. The van der Waals surface area contributed by atoms with Gasteiger partial charge in [-0.15, -0.1) is 0 Å². The minimum absolute atomic E-state index is 0.414. The molecule has 0 aliphatic rings. The van der Waals surface area contributed by atoms with Crippen molar-refractivity contribution in [3.63, 3.8) is 0 Å². The van der Waals surface area contributed by atoms with E-state index in [9.17, 15) is 5.11 Å². The van der Waals surface area contributed by atoms with Crippen LogP contribution in [0, 0.1) is 3.57 Å². The van der Waals surface area contributed by atoms with E-state index in [1.807, 2.05) is 24.4 Å². The van der Waals surface area contributed by atoms with E-state index in [4.69, 9.17) is 5.73 Å². The number of halogens is 1. The molecule has 1 aromatic heterocycles. The number of para-hydroxylation sites is 1. The second-order valence-corrected chi connectivity index (χ2v) is 4.77. The molecule has 1 heterocycles. The third-order valence-electron chi connectivity index (χ3n) is 2.32. The van der Waals surface area contributed by atoms with E-state index in [0.717, 1.165) is 9.13 Å². The molecule has 0 fully saturated rings. The number of aliphatic hydroxyl groups is 1. The van der Waals surface area contributed by atoms with E-state index < -0.39 is 6.10 Å². The number of nitrogens with two attached hydrogens (primary N) is 1. The number of nitrogens with zero attached hydrogens (tertiary/aromatic N) is 2. The molecule has 0 amide bonds. The summed E-state index contributed by atoms with van der Waals surface area (Å²) in [7, 11) is 0. The highest BCUT2D eigenvalue weighted by atomic mass is 127. The smallest absolute Gasteiger partial charge is 0.101 e. The van der Waals surface area contributed by atoms with E-state index in [0.29, 0.717) is 12.2 Å². The fourth-order valence-corrected chi connectivity index (χ4v) is 1.97. The van der Waals surface area contributed by atoms with Crippen molar-refractivity contribution in [1.82, 2.24) is 9.78 Å². The lowest BCUT2D eigenvalue weighted by Crippen LogP contribution is -2.10. The normalized spacial score (nSPS) is 12.6. The number of aliphatic hydroxyl groups excluding tert-OH is 1. The van der Waals surface area contributed by atoms with Crippen molar-refractivity contribution in [2.45, 2.75) is 12.6 Å². The summed E-state index contributed by atoms with van der Waals surface area (Å²) < 4.78 is 2.75. The number of rotatable bonds is 3. The molecule has 3 N–H and O–H groups in total. The minimum atomic E-state index is -0.628. The molecule has 0 spiro atoms. The summed E-state index contributed by atoms with van der Waals surface area (Å²) in [6.45, 7) is 0.414. The summed E-state index contributed by atoms with van der Waals surface area (Å²) in [5.74, 6) is 0. The van der Waals surface area contributed by atoms with Gasteiger partial charge in [0.25, 0.3) is 0 Å². The van der Waals surface area contributed by atoms with Crippen LogP contribution >= 0.6 is 22.6 Å². The molecule has 1 atom stereocenters. The maximum atomic E-state index is 10.0. The largest absolute Gasteiger partial charge is 0.398 e. The number of hydrogen-bond donors (Lipinski definition) is 2. The maximum absolute atomic E-state index is 10.0. The maximum Gasteiger partial charge on any atom is 0.101 e. The summed E-state index contributed by atoms with van der Waals surface area (Å²) in [4.78, 5) is 0. The highest BCUT2D eigenvalue weighted by Crippen LogP contribution is 2.21. The molecule has 4 nitrogen and oxygen atoms in total. The zero-order chi connectivity index (χ0) is 11.5. The van der Waals surface area contributed by atoms with E-state index in [1.54, 1.807) is 16.9 Å². The van der Waals surface area contributed by atoms with Crippen molar-refractivity contribution in [1.29, 1.82) is 0 Å². The second-order valence-electron chi connectivity index (χ2n) is 3.53. The lowest BCUT2D eigenvalue weighted by Gasteiger charge is -2.13. The molecule has 0 saturated carbocycles. The van der Waals surface area contributed by atoms with Crippen LogP contribution in [0.25, 0.3) is 0 Å². The number of benzene rings is 1. The van der Waals surface area contributed by atoms with Gasteiger partial charge in [0.05, 0.1) is 16.3 Å². The van der Waals surface area contributed by atoms with Gasteiger partial charge < -0.3 is 10.8 Å². The second kappa shape index (κ2) is 4.84. The Morgan fingerprint density at radius 1 is 1.44 bits per heavy atom. The van der Waals surface area contributed by atoms with Gasteiger partial charge >= 0.3 is 0 Å². The lowest BCUT2D eigenvalue weighted by atomic mass is 10.1. The van der Waals surface area contributed by atoms with Crippen molar-refractivity contribution in [2.24, 2.45) is 0 Å². The lowest BCUT2D eigenvalue weighted by molar-refractivity contribution is 0.152. The topological polar surface area (TPSA) is 64.1 Å². The molecule has 0 aliphatic heterocycles. The molecular formula is C11H12IN3O. The third-order valence-corrected chi connectivity index (χ3v) is 2.87. The Hall–Kier alpha value is -1.08. The number of hydrogen-bond acceptors (Lipinski definition) is 3. The van der Waals surface area contributed by atoms with Gasteiger partial charge in [-0.1, -0.05) is 18.2 Å². The van der Waals surface area contributed by atoms with Crippen LogP contribution in [-0.2, 0) is 6.54 Å². The summed E-state index contributed by atoms with van der Waals surface area (Å²) in [5.41, 5.74) is 7.14. The predicted octanol–water partition coefficient (Wildman–Crippen LogP) is 1.80. The fraction of sp³-hybridized carbons (Fsp3) is 0.182. The van der Waals surface area contributed by atoms with Crippen LogP contribution in [0.1, 0.15) is 11.7 Å². The molecule has 0 aliphatic carbocycles. The van der Waals surface area contributed by atoms with E-state index in [2.05, 4.69) is 27.7 Å². The summed E-state index contributed by atoms with van der Waals surface area (Å²) in [6.07, 6.45) is 3.00. The first-order chi connectivity index (χ1) is 7.66. The van der Waals surface area contributed by atoms with Crippen LogP contribution in [-0.4, -0.2) is 14.9 Å². The molecule has 16 heavy (non-hydrogen) atoms. The molecular weight excluding hydrogens is 317 g/mol. The average Bonchev–Trinajstić information content (AvgIpc) is 2.64. The molecule has 2 rings (SSSR count). The molecule has 5 heteroatoms. The summed E-state index contributed by atoms with van der Waals surface area (Å²) in [6, 6.07) is 7.32. The molecule has 2 aromatic rings. The van der Waals surface area contributed by atoms with Gasteiger partial charge in [0.15, 0.2) is 0 Å². The number of nitrogen functional groups attached to an aromatic ring is 1. The first-order valence-electron chi connectivity index (χ1n) is 4.87. The van der Waals surface area contributed by atoms with Gasteiger partial charge in [0.1, 0.15) is 6.10 Å². The van der Waals surface area contributed by atoms with Gasteiger partial charge in [-0.05, 0) is 28.7 Å². The van der Waals surface area contributed by atoms with Crippen LogP contribution in [0.3, 0.4) is 0 Å². The number of anilines is 1. The van der Waals surface area contributed by atoms with Crippen LogP contribution in [0.5, 0.6) is 0 Å². The Kier molecular flexibility index (Phi) is 3.45. The zero-order valence-corrected chi connectivity index (χ0v) is 10.7. The van der Waals surface area contributed by atoms with Gasteiger partial charge in [0, 0.05) is 17.4 Å². The quantitative estimate of drug-likeness (QED) is 0.667. The van der Waals surface area contributed by atoms with E-state index in [1.165, 1.54) is 0 Å². The first-order valence-corrected chi connectivity index (χ1v) is 5.95. The Morgan fingerprint density at radius 2 is 2.19 bits per heavy atom. The predicted molar refractivity (Wildman–Crippen MR) is 70.8 cm³/mol. The monoisotopic (exact) mass is 329 g/mol. The van der Waals surface area contributed by atoms with Crippen molar-refractivity contribution in [3.05, 3.63) is 45.8 Å². The molecule has 84 valence electrons.